The molecular weight excluding hydrogens is 288 g/mol. The molecular formula is C17H11F2NO2. The molecule has 110 valence electrons. The fraction of sp³-hybridized carbons (Fsp3) is 0.0588. The van der Waals surface area contributed by atoms with E-state index in [0.29, 0.717) is 5.56 Å². The lowest BCUT2D eigenvalue weighted by atomic mass is 10.1. The van der Waals surface area contributed by atoms with Crippen LogP contribution in [-0.4, -0.2) is 23.3 Å². The lowest BCUT2D eigenvalue weighted by Gasteiger charge is -2.16. The van der Waals surface area contributed by atoms with Gasteiger partial charge in [-0.25, -0.2) is 0 Å². The molecule has 0 atom stereocenters. The average molecular weight is 299 g/mol. The van der Waals surface area contributed by atoms with Crippen molar-refractivity contribution >= 4 is 17.4 Å². The number of hydrogen-bond donors (Lipinski definition) is 0. The Bertz CT molecular complexity index is 745. The number of nitrogens with zero attached hydrogens (tertiary/aromatic N) is 1. The standard InChI is InChI=1S/C17H11F2NO2/c18-15(19)14(11-6-2-1-3-7-11)10-20-16(21)12-8-4-5-9-13(12)17(20)22/h1-9H,10H2. The number of imide groups is 1. The van der Waals surface area contributed by atoms with Crippen molar-refractivity contribution in [1.82, 2.24) is 4.90 Å². The highest BCUT2D eigenvalue weighted by molar-refractivity contribution is 6.21. The Labute approximate surface area is 125 Å². The zero-order valence-electron chi connectivity index (χ0n) is 11.4. The third kappa shape index (κ3) is 2.30. The van der Waals surface area contributed by atoms with E-state index in [0.717, 1.165) is 4.90 Å². The van der Waals surface area contributed by atoms with Gasteiger partial charge in [0, 0.05) is 5.57 Å². The predicted molar refractivity (Wildman–Crippen MR) is 77.4 cm³/mol. The third-order valence-electron chi connectivity index (χ3n) is 3.54. The normalized spacial score (nSPS) is 13.3. The second-order valence-electron chi connectivity index (χ2n) is 4.85. The highest BCUT2D eigenvalue weighted by atomic mass is 19.3. The first-order valence-electron chi connectivity index (χ1n) is 6.64. The van der Waals surface area contributed by atoms with Crippen molar-refractivity contribution in [1.29, 1.82) is 0 Å². The van der Waals surface area contributed by atoms with Gasteiger partial charge in [-0.2, -0.15) is 8.78 Å². The van der Waals surface area contributed by atoms with Crippen LogP contribution < -0.4 is 0 Å². The Balaban J connectivity index is 1.95. The highest BCUT2D eigenvalue weighted by Crippen LogP contribution is 2.28. The van der Waals surface area contributed by atoms with Crippen LogP contribution in [0.25, 0.3) is 5.57 Å². The molecule has 0 aliphatic carbocycles. The van der Waals surface area contributed by atoms with E-state index in [2.05, 4.69) is 0 Å². The van der Waals surface area contributed by atoms with Crippen LogP contribution in [0.3, 0.4) is 0 Å². The monoisotopic (exact) mass is 299 g/mol. The molecule has 0 fully saturated rings. The van der Waals surface area contributed by atoms with Crippen molar-refractivity contribution in [3.8, 4) is 0 Å². The molecule has 1 aliphatic rings. The summed E-state index contributed by atoms with van der Waals surface area (Å²) in [6.45, 7) is -0.446. The number of halogens is 2. The molecule has 0 saturated heterocycles. The van der Waals surface area contributed by atoms with Crippen LogP contribution in [0, 0.1) is 0 Å². The SMILES string of the molecule is O=C1c2ccccc2C(=O)N1CC(=C(F)F)c1ccccc1. The molecule has 2 aromatic carbocycles. The molecule has 2 aromatic rings. The van der Waals surface area contributed by atoms with Gasteiger partial charge in [-0.05, 0) is 17.7 Å². The second kappa shape index (κ2) is 5.52. The van der Waals surface area contributed by atoms with E-state index in [9.17, 15) is 18.4 Å². The van der Waals surface area contributed by atoms with Crippen molar-refractivity contribution in [2.24, 2.45) is 0 Å². The summed E-state index contributed by atoms with van der Waals surface area (Å²) in [5.41, 5.74) is 0.465. The molecule has 0 unspecified atom stereocenters. The molecule has 0 radical (unpaired) electrons. The summed E-state index contributed by atoms with van der Waals surface area (Å²) in [6.07, 6.45) is -1.90. The van der Waals surface area contributed by atoms with Crippen molar-refractivity contribution in [2.75, 3.05) is 6.54 Å². The first-order valence-corrected chi connectivity index (χ1v) is 6.64. The minimum atomic E-state index is -1.90. The van der Waals surface area contributed by atoms with E-state index in [1.54, 1.807) is 30.3 Å². The minimum Gasteiger partial charge on any atom is -0.270 e. The van der Waals surface area contributed by atoms with E-state index < -0.39 is 24.4 Å². The Kier molecular flexibility index (Phi) is 3.55. The second-order valence-corrected chi connectivity index (χ2v) is 4.85. The maximum Gasteiger partial charge on any atom is 0.275 e. The highest BCUT2D eigenvalue weighted by Gasteiger charge is 2.36. The van der Waals surface area contributed by atoms with Gasteiger partial charge >= 0.3 is 0 Å². The van der Waals surface area contributed by atoms with Gasteiger partial charge in [-0.1, -0.05) is 42.5 Å². The molecule has 0 aromatic heterocycles. The van der Waals surface area contributed by atoms with Crippen LogP contribution in [0.1, 0.15) is 26.3 Å². The van der Waals surface area contributed by atoms with Crippen molar-refractivity contribution in [3.63, 3.8) is 0 Å². The van der Waals surface area contributed by atoms with Gasteiger partial charge in [0.2, 0.25) is 0 Å². The number of rotatable bonds is 3. The molecule has 1 heterocycles. The number of amides is 2. The largest absolute Gasteiger partial charge is 0.275 e. The fourth-order valence-electron chi connectivity index (χ4n) is 2.44. The zero-order chi connectivity index (χ0) is 15.7. The van der Waals surface area contributed by atoms with Crippen molar-refractivity contribution in [2.45, 2.75) is 0 Å². The minimum absolute atomic E-state index is 0.249. The number of benzene rings is 2. The van der Waals surface area contributed by atoms with E-state index in [1.807, 2.05) is 0 Å². The fourth-order valence-corrected chi connectivity index (χ4v) is 2.44. The van der Waals surface area contributed by atoms with Crippen LogP contribution >= 0.6 is 0 Å². The average Bonchev–Trinajstić information content (AvgIpc) is 2.78. The van der Waals surface area contributed by atoms with Crippen molar-refractivity contribution < 1.29 is 18.4 Å². The summed E-state index contributed by atoms with van der Waals surface area (Å²) in [5.74, 6) is -1.09. The number of hydrogen-bond acceptors (Lipinski definition) is 2. The van der Waals surface area contributed by atoms with Gasteiger partial charge in [-0.15, -0.1) is 0 Å². The van der Waals surface area contributed by atoms with E-state index in [4.69, 9.17) is 0 Å². The van der Waals surface area contributed by atoms with E-state index in [1.165, 1.54) is 24.3 Å². The molecule has 0 N–H and O–H groups in total. The molecule has 0 bridgehead atoms. The lowest BCUT2D eigenvalue weighted by molar-refractivity contribution is 0.0674. The van der Waals surface area contributed by atoms with Gasteiger partial charge in [0.15, 0.2) is 0 Å². The lowest BCUT2D eigenvalue weighted by Crippen LogP contribution is -2.31. The Morgan fingerprint density at radius 2 is 1.32 bits per heavy atom. The maximum absolute atomic E-state index is 13.3. The van der Waals surface area contributed by atoms with Crippen LogP contribution in [0.2, 0.25) is 0 Å². The number of carbonyl (C=O) groups is 2. The van der Waals surface area contributed by atoms with Gasteiger partial charge in [0.05, 0.1) is 17.7 Å². The molecule has 0 saturated carbocycles. The van der Waals surface area contributed by atoms with Gasteiger partial charge in [-0.3, -0.25) is 14.5 Å². The zero-order valence-corrected chi connectivity index (χ0v) is 11.4. The van der Waals surface area contributed by atoms with Crippen LogP contribution in [0.4, 0.5) is 8.78 Å². The predicted octanol–water partition coefficient (Wildman–Crippen LogP) is 3.59. The molecule has 1 aliphatic heterocycles. The smallest absolute Gasteiger partial charge is 0.270 e. The third-order valence-corrected chi connectivity index (χ3v) is 3.54. The Morgan fingerprint density at radius 3 is 1.82 bits per heavy atom. The van der Waals surface area contributed by atoms with Gasteiger partial charge < -0.3 is 0 Å². The molecule has 2 amide bonds. The van der Waals surface area contributed by atoms with E-state index in [-0.39, 0.29) is 16.7 Å². The summed E-state index contributed by atoms with van der Waals surface area (Å²) >= 11 is 0. The number of fused-ring (bicyclic) bond motifs is 1. The van der Waals surface area contributed by atoms with Crippen LogP contribution in [-0.2, 0) is 0 Å². The summed E-state index contributed by atoms with van der Waals surface area (Å²) in [4.78, 5) is 25.3. The number of carbonyl (C=O) groups excluding carboxylic acids is 2. The van der Waals surface area contributed by atoms with Crippen molar-refractivity contribution in [3.05, 3.63) is 77.4 Å². The van der Waals surface area contributed by atoms with Crippen LogP contribution in [0.15, 0.2) is 60.7 Å². The molecule has 3 rings (SSSR count). The van der Waals surface area contributed by atoms with Crippen LogP contribution in [0.5, 0.6) is 0 Å². The summed E-state index contributed by atoms with van der Waals surface area (Å²) in [6, 6.07) is 14.3. The molecule has 5 heteroatoms. The molecule has 3 nitrogen and oxygen atoms in total. The van der Waals surface area contributed by atoms with Gasteiger partial charge in [0.1, 0.15) is 0 Å². The summed E-state index contributed by atoms with van der Waals surface area (Å²) in [7, 11) is 0. The summed E-state index contributed by atoms with van der Waals surface area (Å²) < 4.78 is 26.5. The molecule has 22 heavy (non-hydrogen) atoms. The topological polar surface area (TPSA) is 37.4 Å². The Morgan fingerprint density at radius 1 is 0.818 bits per heavy atom. The maximum atomic E-state index is 13.3. The molecule has 0 spiro atoms. The quantitative estimate of drug-likeness (QED) is 0.812. The Hall–Kier alpha value is -2.82. The first-order chi connectivity index (χ1) is 10.6. The van der Waals surface area contributed by atoms with Gasteiger partial charge in [0.25, 0.3) is 17.9 Å². The summed E-state index contributed by atoms with van der Waals surface area (Å²) in [5, 5.41) is 0. The first kappa shape index (κ1) is 14.1. The van der Waals surface area contributed by atoms with E-state index >= 15 is 0 Å².